The van der Waals surface area contributed by atoms with Gasteiger partial charge in [-0.3, -0.25) is 4.79 Å². The van der Waals surface area contributed by atoms with Crippen LogP contribution in [0.2, 0.25) is 0 Å². The van der Waals surface area contributed by atoms with Gasteiger partial charge >= 0.3 is 0 Å². The van der Waals surface area contributed by atoms with Crippen LogP contribution in [0.15, 0.2) is 12.1 Å². The molecule has 0 aromatic heterocycles. The van der Waals surface area contributed by atoms with Gasteiger partial charge in [-0.1, -0.05) is 26.3 Å². The fraction of sp³-hybridized carbons (Fsp3) is 0.588. The van der Waals surface area contributed by atoms with Crippen LogP contribution >= 0.6 is 0 Å². The molecule has 116 valence electrons. The van der Waals surface area contributed by atoms with Gasteiger partial charge in [0.1, 0.15) is 5.75 Å². The van der Waals surface area contributed by atoms with Crippen LogP contribution < -0.4 is 15.8 Å². The molecule has 0 saturated carbocycles. The fourth-order valence-corrected chi connectivity index (χ4v) is 2.89. The van der Waals surface area contributed by atoms with Gasteiger partial charge in [-0.05, 0) is 30.0 Å². The van der Waals surface area contributed by atoms with Crippen LogP contribution in [0.4, 0.5) is 0 Å². The van der Waals surface area contributed by atoms with Crippen molar-refractivity contribution in [3.8, 4) is 5.75 Å². The summed E-state index contributed by atoms with van der Waals surface area (Å²) < 4.78 is 5.80. The molecule has 4 nitrogen and oxygen atoms in total. The highest BCUT2D eigenvalue weighted by atomic mass is 16.5. The first-order valence-electron chi connectivity index (χ1n) is 7.74. The lowest BCUT2D eigenvalue weighted by Gasteiger charge is -2.30. The van der Waals surface area contributed by atoms with Gasteiger partial charge in [0.15, 0.2) is 0 Å². The average molecular weight is 290 g/mol. The zero-order valence-corrected chi connectivity index (χ0v) is 13.4. The van der Waals surface area contributed by atoms with Crippen molar-refractivity contribution in [2.24, 2.45) is 11.7 Å². The van der Waals surface area contributed by atoms with Gasteiger partial charge in [0.25, 0.3) is 0 Å². The highest BCUT2D eigenvalue weighted by molar-refractivity contribution is 5.73. The van der Waals surface area contributed by atoms with E-state index in [9.17, 15) is 4.79 Å². The third-order valence-electron chi connectivity index (χ3n) is 4.37. The highest BCUT2D eigenvalue weighted by Crippen LogP contribution is 2.37. The second-order valence-corrected chi connectivity index (χ2v) is 6.06. The maximum absolute atomic E-state index is 11.4. The van der Waals surface area contributed by atoms with Crippen molar-refractivity contribution >= 4 is 5.91 Å². The van der Waals surface area contributed by atoms with E-state index in [0.717, 1.165) is 35.3 Å². The molecule has 21 heavy (non-hydrogen) atoms. The van der Waals surface area contributed by atoms with Crippen LogP contribution in [0.3, 0.4) is 0 Å². The molecule has 4 heteroatoms. The molecule has 1 heterocycles. The summed E-state index contributed by atoms with van der Waals surface area (Å²) in [5.41, 5.74) is 9.65. The van der Waals surface area contributed by atoms with Crippen molar-refractivity contribution in [3.05, 3.63) is 28.8 Å². The zero-order chi connectivity index (χ0) is 15.6. The van der Waals surface area contributed by atoms with Crippen LogP contribution in [0.1, 0.15) is 62.4 Å². The normalized spacial score (nSPS) is 20.1. The Morgan fingerprint density at radius 2 is 2.24 bits per heavy atom. The topological polar surface area (TPSA) is 64.3 Å². The van der Waals surface area contributed by atoms with Crippen molar-refractivity contribution in [3.63, 3.8) is 0 Å². The molecule has 3 atom stereocenters. The number of rotatable bonds is 4. The van der Waals surface area contributed by atoms with E-state index in [0.29, 0.717) is 12.5 Å². The number of carbonyl (C=O) groups excluding carboxylic acids is 1. The predicted octanol–water partition coefficient (Wildman–Crippen LogP) is 3.00. The minimum atomic E-state index is -0.0119. The molecule has 0 fully saturated rings. The van der Waals surface area contributed by atoms with Gasteiger partial charge in [-0.25, -0.2) is 0 Å². The van der Waals surface area contributed by atoms with E-state index in [1.165, 1.54) is 0 Å². The van der Waals surface area contributed by atoms with E-state index in [-0.39, 0.29) is 18.0 Å². The number of amides is 1. The number of hydrogen-bond acceptors (Lipinski definition) is 3. The second kappa shape index (κ2) is 6.48. The Kier molecular flexibility index (Phi) is 4.88. The first-order valence-corrected chi connectivity index (χ1v) is 7.74. The van der Waals surface area contributed by atoms with E-state index >= 15 is 0 Å². The Morgan fingerprint density at radius 3 is 2.86 bits per heavy atom. The van der Waals surface area contributed by atoms with Crippen molar-refractivity contribution < 1.29 is 9.53 Å². The Bertz CT molecular complexity index is 528. The molecule has 1 aliphatic rings. The lowest BCUT2D eigenvalue weighted by molar-refractivity contribution is -0.119. The molecule has 0 saturated heterocycles. The smallest absolute Gasteiger partial charge is 0.217 e. The predicted molar refractivity (Wildman–Crippen MR) is 84.2 cm³/mol. The number of fused-ring (bicyclic) bond motifs is 1. The number of benzene rings is 1. The van der Waals surface area contributed by atoms with Crippen molar-refractivity contribution in [1.82, 2.24) is 5.32 Å². The molecule has 0 radical (unpaired) electrons. The second-order valence-electron chi connectivity index (χ2n) is 6.06. The Labute approximate surface area is 127 Å². The van der Waals surface area contributed by atoms with E-state index in [1.807, 2.05) is 6.92 Å². The molecule has 3 unspecified atom stereocenters. The van der Waals surface area contributed by atoms with Gasteiger partial charge in [0, 0.05) is 24.9 Å². The Morgan fingerprint density at radius 1 is 1.52 bits per heavy atom. The highest BCUT2D eigenvalue weighted by Gasteiger charge is 2.26. The van der Waals surface area contributed by atoms with Crippen molar-refractivity contribution in [2.75, 3.05) is 6.61 Å². The summed E-state index contributed by atoms with van der Waals surface area (Å²) in [6, 6.07) is 4.26. The minimum absolute atomic E-state index is 0.0119. The Balaban J connectivity index is 2.40. The quantitative estimate of drug-likeness (QED) is 0.896. The molecule has 2 rings (SSSR count). The van der Waals surface area contributed by atoms with Gasteiger partial charge in [-0.15, -0.1) is 0 Å². The largest absolute Gasteiger partial charge is 0.493 e. The number of nitrogens with two attached hydrogens (primary N) is 1. The third-order valence-corrected chi connectivity index (χ3v) is 4.37. The molecular formula is C17H26N2O2. The molecule has 3 N–H and O–H groups in total. The lowest BCUT2D eigenvalue weighted by Crippen LogP contribution is -2.31. The zero-order valence-electron chi connectivity index (χ0n) is 13.4. The van der Waals surface area contributed by atoms with E-state index < -0.39 is 0 Å². The van der Waals surface area contributed by atoms with E-state index in [1.54, 1.807) is 6.92 Å². The molecule has 0 spiro atoms. The van der Waals surface area contributed by atoms with Crippen LogP contribution in [0, 0.1) is 12.8 Å². The number of aryl methyl sites for hydroxylation is 1. The van der Waals surface area contributed by atoms with E-state index in [2.05, 4.69) is 31.3 Å². The van der Waals surface area contributed by atoms with Crippen molar-refractivity contribution in [1.29, 1.82) is 0 Å². The fourth-order valence-electron chi connectivity index (χ4n) is 2.89. The molecule has 0 aliphatic carbocycles. The SMILES string of the molecule is CCC(C)C(N)c1cc(C)c2c(c1)C(NC(C)=O)CCO2. The maximum atomic E-state index is 11.4. The summed E-state index contributed by atoms with van der Waals surface area (Å²) in [4.78, 5) is 11.4. The monoisotopic (exact) mass is 290 g/mol. The molecular weight excluding hydrogens is 264 g/mol. The standard InChI is InChI=1S/C17H26N2O2/c1-5-10(2)16(18)13-8-11(3)17-14(9-13)15(6-7-21-17)19-12(4)20/h8-10,15-16H,5-7,18H2,1-4H3,(H,19,20). The lowest BCUT2D eigenvalue weighted by atomic mass is 9.88. The summed E-state index contributed by atoms with van der Waals surface area (Å²) in [6.45, 7) is 8.55. The van der Waals surface area contributed by atoms with Gasteiger partial charge in [0.05, 0.1) is 12.6 Å². The minimum Gasteiger partial charge on any atom is -0.493 e. The molecule has 1 aromatic rings. The summed E-state index contributed by atoms with van der Waals surface area (Å²) >= 11 is 0. The first-order chi connectivity index (χ1) is 9.93. The summed E-state index contributed by atoms with van der Waals surface area (Å²) in [7, 11) is 0. The molecule has 0 bridgehead atoms. The third kappa shape index (κ3) is 3.38. The van der Waals surface area contributed by atoms with Gasteiger partial charge < -0.3 is 15.8 Å². The van der Waals surface area contributed by atoms with Crippen LogP contribution in [0.5, 0.6) is 5.75 Å². The van der Waals surface area contributed by atoms with Crippen LogP contribution in [0.25, 0.3) is 0 Å². The van der Waals surface area contributed by atoms with Crippen molar-refractivity contribution in [2.45, 2.75) is 52.6 Å². The summed E-state index contributed by atoms with van der Waals surface area (Å²) in [5, 5.41) is 3.01. The molecule has 1 amide bonds. The first kappa shape index (κ1) is 15.8. The summed E-state index contributed by atoms with van der Waals surface area (Å²) in [5.74, 6) is 1.31. The summed E-state index contributed by atoms with van der Waals surface area (Å²) in [6.07, 6.45) is 1.84. The number of ether oxygens (including phenoxy) is 1. The average Bonchev–Trinajstić information content (AvgIpc) is 2.45. The maximum Gasteiger partial charge on any atom is 0.217 e. The van der Waals surface area contributed by atoms with Gasteiger partial charge in [-0.2, -0.15) is 0 Å². The van der Waals surface area contributed by atoms with Crippen LogP contribution in [-0.2, 0) is 4.79 Å². The number of carbonyl (C=O) groups is 1. The molecule has 1 aliphatic heterocycles. The van der Waals surface area contributed by atoms with Crippen LogP contribution in [-0.4, -0.2) is 12.5 Å². The Hall–Kier alpha value is -1.55. The van der Waals surface area contributed by atoms with E-state index in [4.69, 9.17) is 10.5 Å². The van der Waals surface area contributed by atoms with Gasteiger partial charge in [0.2, 0.25) is 5.91 Å². The number of hydrogen-bond donors (Lipinski definition) is 2. The number of nitrogens with one attached hydrogen (secondary N) is 1. The molecule has 1 aromatic carbocycles.